The predicted octanol–water partition coefficient (Wildman–Crippen LogP) is 1.82. The Hall–Kier alpha value is -0.340. The first kappa shape index (κ1) is 9.22. The molecule has 2 nitrogen and oxygen atoms in total. The van der Waals surface area contributed by atoms with Crippen LogP contribution in [0.5, 0.6) is 0 Å². The largest absolute Gasteiger partial charge is 0.379 e. The van der Waals surface area contributed by atoms with E-state index < -0.39 is 0 Å². The molecule has 1 aliphatic carbocycles. The van der Waals surface area contributed by atoms with Crippen LogP contribution < -0.4 is 0 Å². The lowest BCUT2D eigenvalue weighted by Crippen LogP contribution is -2.42. The molecular formula is C11H19NO. The van der Waals surface area contributed by atoms with Gasteiger partial charge in [0.1, 0.15) is 0 Å². The second kappa shape index (κ2) is 4.77. The highest BCUT2D eigenvalue weighted by Gasteiger charge is 2.18. The van der Waals surface area contributed by atoms with E-state index in [2.05, 4.69) is 17.1 Å². The molecule has 0 saturated carbocycles. The average molecular weight is 181 g/mol. The third-order valence-electron chi connectivity index (χ3n) is 2.99. The summed E-state index contributed by atoms with van der Waals surface area (Å²) in [6.07, 6.45) is 10.1. The minimum absolute atomic E-state index is 0.700. The standard InChI is InChI=1S/C11H19NO/c1-2-4-6-11(5-3-1)12-7-9-13-10-8-12/h3,5,11H,1-2,4,6-10H2. The van der Waals surface area contributed by atoms with Crippen LogP contribution in [0.3, 0.4) is 0 Å². The first-order chi connectivity index (χ1) is 6.47. The van der Waals surface area contributed by atoms with Crippen molar-refractivity contribution >= 4 is 0 Å². The minimum atomic E-state index is 0.700. The molecule has 2 rings (SSSR count). The molecule has 0 amide bonds. The summed E-state index contributed by atoms with van der Waals surface area (Å²) in [7, 11) is 0. The summed E-state index contributed by atoms with van der Waals surface area (Å²) in [4.78, 5) is 2.56. The van der Waals surface area contributed by atoms with Gasteiger partial charge in [-0.1, -0.05) is 18.6 Å². The van der Waals surface area contributed by atoms with Crippen molar-refractivity contribution in [3.05, 3.63) is 12.2 Å². The van der Waals surface area contributed by atoms with Gasteiger partial charge in [0.2, 0.25) is 0 Å². The molecule has 74 valence electrons. The van der Waals surface area contributed by atoms with E-state index in [0.29, 0.717) is 6.04 Å². The van der Waals surface area contributed by atoms with Gasteiger partial charge in [-0.15, -0.1) is 0 Å². The number of allylic oxidation sites excluding steroid dienone is 1. The molecular weight excluding hydrogens is 162 g/mol. The van der Waals surface area contributed by atoms with Crippen LogP contribution >= 0.6 is 0 Å². The van der Waals surface area contributed by atoms with Gasteiger partial charge < -0.3 is 4.74 Å². The lowest BCUT2D eigenvalue weighted by molar-refractivity contribution is 0.0241. The smallest absolute Gasteiger partial charge is 0.0594 e. The van der Waals surface area contributed by atoms with Crippen molar-refractivity contribution in [2.75, 3.05) is 26.3 Å². The van der Waals surface area contributed by atoms with Gasteiger partial charge in [-0.3, -0.25) is 4.90 Å². The molecule has 1 fully saturated rings. The maximum absolute atomic E-state index is 5.36. The number of ether oxygens (including phenoxy) is 1. The molecule has 0 aromatic heterocycles. The van der Waals surface area contributed by atoms with E-state index in [9.17, 15) is 0 Å². The fourth-order valence-electron chi connectivity index (χ4n) is 2.18. The van der Waals surface area contributed by atoms with Crippen molar-refractivity contribution in [2.45, 2.75) is 31.7 Å². The summed E-state index contributed by atoms with van der Waals surface area (Å²) < 4.78 is 5.36. The van der Waals surface area contributed by atoms with Crippen LogP contribution in [0.2, 0.25) is 0 Å². The summed E-state index contributed by atoms with van der Waals surface area (Å²) in [5, 5.41) is 0. The second-order valence-electron chi connectivity index (χ2n) is 3.93. The van der Waals surface area contributed by atoms with Crippen LogP contribution in [0.25, 0.3) is 0 Å². The number of hydrogen-bond acceptors (Lipinski definition) is 2. The van der Waals surface area contributed by atoms with Crippen LogP contribution in [0.1, 0.15) is 25.7 Å². The fraction of sp³-hybridized carbons (Fsp3) is 0.818. The van der Waals surface area contributed by atoms with Crippen LogP contribution in [0, 0.1) is 0 Å². The zero-order chi connectivity index (χ0) is 8.93. The Morgan fingerprint density at radius 3 is 2.85 bits per heavy atom. The zero-order valence-corrected chi connectivity index (χ0v) is 8.24. The van der Waals surface area contributed by atoms with Crippen LogP contribution in [0.4, 0.5) is 0 Å². The van der Waals surface area contributed by atoms with Gasteiger partial charge in [0, 0.05) is 19.1 Å². The van der Waals surface area contributed by atoms with Crippen molar-refractivity contribution in [2.24, 2.45) is 0 Å². The third kappa shape index (κ3) is 2.55. The summed E-state index contributed by atoms with van der Waals surface area (Å²) in [5.41, 5.74) is 0. The first-order valence-corrected chi connectivity index (χ1v) is 5.45. The first-order valence-electron chi connectivity index (χ1n) is 5.45. The second-order valence-corrected chi connectivity index (χ2v) is 3.93. The van der Waals surface area contributed by atoms with E-state index >= 15 is 0 Å². The SMILES string of the molecule is C1=CC(N2CCOCC2)CCCC1. The molecule has 13 heavy (non-hydrogen) atoms. The van der Waals surface area contributed by atoms with E-state index in [1.54, 1.807) is 0 Å². The summed E-state index contributed by atoms with van der Waals surface area (Å²) >= 11 is 0. The number of nitrogens with zero attached hydrogens (tertiary/aromatic N) is 1. The van der Waals surface area contributed by atoms with Crippen molar-refractivity contribution in [3.63, 3.8) is 0 Å². The molecule has 0 aromatic carbocycles. The fourth-order valence-corrected chi connectivity index (χ4v) is 2.18. The van der Waals surface area contributed by atoms with Crippen LogP contribution in [-0.2, 0) is 4.74 Å². The van der Waals surface area contributed by atoms with Gasteiger partial charge in [0.05, 0.1) is 13.2 Å². The van der Waals surface area contributed by atoms with Gasteiger partial charge in [0.25, 0.3) is 0 Å². The highest BCUT2D eigenvalue weighted by molar-refractivity contribution is 4.97. The Morgan fingerprint density at radius 2 is 2.00 bits per heavy atom. The van der Waals surface area contributed by atoms with E-state index in [-0.39, 0.29) is 0 Å². The molecule has 1 unspecified atom stereocenters. The van der Waals surface area contributed by atoms with Gasteiger partial charge >= 0.3 is 0 Å². The molecule has 1 aliphatic heterocycles. The monoisotopic (exact) mass is 181 g/mol. The number of morpholine rings is 1. The summed E-state index contributed by atoms with van der Waals surface area (Å²) in [5.74, 6) is 0. The number of rotatable bonds is 1. The molecule has 1 heterocycles. The minimum Gasteiger partial charge on any atom is -0.379 e. The molecule has 1 saturated heterocycles. The molecule has 0 aromatic rings. The molecule has 2 aliphatic rings. The molecule has 0 N–H and O–H groups in total. The quantitative estimate of drug-likeness (QED) is 0.572. The summed E-state index contributed by atoms with van der Waals surface area (Å²) in [6, 6.07) is 0.700. The molecule has 2 heteroatoms. The maximum atomic E-state index is 5.36. The lowest BCUT2D eigenvalue weighted by Gasteiger charge is -2.32. The number of hydrogen-bond donors (Lipinski definition) is 0. The normalized spacial score (nSPS) is 31.5. The molecule has 0 radical (unpaired) electrons. The topological polar surface area (TPSA) is 12.5 Å². The van der Waals surface area contributed by atoms with Gasteiger partial charge in [-0.25, -0.2) is 0 Å². The van der Waals surface area contributed by atoms with Crippen LogP contribution in [-0.4, -0.2) is 37.2 Å². The maximum Gasteiger partial charge on any atom is 0.0594 e. The van der Waals surface area contributed by atoms with Crippen molar-refractivity contribution in [1.29, 1.82) is 0 Å². The predicted molar refractivity (Wildman–Crippen MR) is 53.8 cm³/mol. The highest BCUT2D eigenvalue weighted by atomic mass is 16.5. The van der Waals surface area contributed by atoms with Crippen molar-refractivity contribution in [3.8, 4) is 0 Å². The van der Waals surface area contributed by atoms with Crippen molar-refractivity contribution < 1.29 is 4.74 Å². The van der Waals surface area contributed by atoms with Crippen LogP contribution in [0.15, 0.2) is 12.2 Å². The van der Waals surface area contributed by atoms with Gasteiger partial charge in [0.15, 0.2) is 0 Å². The molecule has 1 atom stereocenters. The zero-order valence-electron chi connectivity index (χ0n) is 8.24. The Labute approximate surface area is 80.6 Å². The van der Waals surface area contributed by atoms with E-state index in [4.69, 9.17) is 4.74 Å². The van der Waals surface area contributed by atoms with E-state index in [1.165, 1.54) is 25.7 Å². The van der Waals surface area contributed by atoms with Gasteiger partial charge in [-0.2, -0.15) is 0 Å². The van der Waals surface area contributed by atoms with Crippen molar-refractivity contribution in [1.82, 2.24) is 4.90 Å². The molecule has 0 spiro atoms. The Morgan fingerprint density at radius 1 is 1.15 bits per heavy atom. The van der Waals surface area contributed by atoms with E-state index in [1.807, 2.05) is 0 Å². The average Bonchev–Trinajstić information content (AvgIpc) is 2.47. The Balaban J connectivity index is 1.89. The molecule has 0 bridgehead atoms. The Bertz CT molecular complexity index is 173. The Kier molecular flexibility index (Phi) is 3.39. The highest BCUT2D eigenvalue weighted by Crippen LogP contribution is 2.17. The summed E-state index contributed by atoms with van der Waals surface area (Å²) in [6.45, 7) is 4.08. The lowest BCUT2D eigenvalue weighted by atomic mass is 10.1. The third-order valence-corrected chi connectivity index (χ3v) is 2.99. The van der Waals surface area contributed by atoms with Gasteiger partial charge in [-0.05, 0) is 19.3 Å². The van der Waals surface area contributed by atoms with E-state index in [0.717, 1.165) is 26.3 Å².